The number of aromatic nitrogens is 2. The molecule has 1 fully saturated rings. The molecule has 0 saturated carbocycles. The third kappa shape index (κ3) is 6.57. The summed E-state index contributed by atoms with van der Waals surface area (Å²) >= 11 is 0. The first-order valence-electron chi connectivity index (χ1n) is 10.6. The van der Waals surface area contributed by atoms with Gasteiger partial charge in [-0.1, -0.05) is 24.3 Å². The molecular weight excluding hydrogens is 503 g/mol. The Morgan fingerprint density at radius 3 is 2.71 bits per heavy atom. The van der Waals surface area contributed by atoms with E-state index in [9.17, 15) is 0 Å². The van der Waals surface area contributed by atoms with E-state index in [1.165, 1.54) is 24.0 Å². The molecular formula is C23H31IN6O. The van der Waals surface area contributed by atoms with Crippen molar-refractivity contribution in [3.63, 3.8) is 0 Å². The average molecular weight is 534 g/mol. The van der Waals surface area contributed by atoms with Crippen LogP contribution in [-0.2, 0) is 13.1 Å². The molecule has 31 heavy (non-hydrogen) atoms. The van der Waals surface area contributed by atoms with Crippen molar-refractivity contribution in [1.29, 1.82) is 0 Å². The maximum atomic E-state index is 5.71. The Kier molecular flexibility index (Phi) is 8.96. The predicted octanol–water partition coefficient (Wildman–Crippen LogP) is 3.64. The Hall–Kier alpha value is -2.33. The normalized spacial score (nSPS) is 15.5. The molecule has 166 valence electrons. The zero-order valence-electron chi connectivity index (χ0n) is 17.9. The molecule has 0 spiro atoms. The number of hydrogen-bond acceptors (Lipinski definition) is 4. The van der Waals surface area contributed by atoms with Crippen LogP contribution in [0.3, 0.4) is 0 Å². The molecule has 2 aromatic heterocycles. The fraction of sp³-hybridized carbons (Fsp3) is 0.391. The van der Waals surface area contributed by atoms with Crippen LogP contribution in [0.25, 0.3) is 0 Å². The summed E-state index contributed by atoms with van der Waals surface area (Å²) in [6.45, 7) is 4.52. The van der Waals surface area contributed by atoms with Gasteiger partial charge in [0, 0.05) is 39.1 Å². The summed E-state index contributed by atoms with van der Waals surface area (Å²) in [5.74, 6) is 1.80. The lowest BCUT2D eigenvalue weighted by molar-refractivity contribution is 0.215. The van der Waals surface area contributed by atoms with Crippen LogP contribution in [0, 0.1) is 0 Å². The van der Waals surface area contributed by atoms with Crippen molar-refractivity contribution in [2.45, 2.75) is 32.0 Å². The topological polar surface area (TPSA) is 70.6 Å². The van der Waals surface area contributed by atoms with Gasteiger partial charge in [-0.2, -0.15) is 0 Å². The molecule has 3 aromatic rings. The minimum Gasteiger partial charge on any atom is -0.468 e. The minimum absolute atomic E-state index is 0. The minimum atomic E-state index is 0. The van der Waals surface area contributed by atoms with Gasteiger partial charge in [0.15, 0.2) is 5.96 Å². The maximum absolute atomic E-state index is 5.71. The van der Waals surface area contributed by atoms with E-state index in [0.717, 1.165) is 37.9 Å². The van der Waals surface area contributed by atoms with E-state index in [4.69, 9.17) is 4.42 Å². The van der Waals surface area contributed by atoms with E-state index >= 15 is 0 Å². The highest BCUT2D eigenvalue weighted by Crippen LogP contribution is 2.24. The van der Waals surface area contributed by atoms with Gasteiger partial charge < -0.3 is 19.6 Å². The van der Waals surface area contributed by atoms with Gasteiger partial charge >= 0.3 is 0 Å². The highest BCUT2D eigenvalue weighted by molar-refractivity contribution is 14.0. The lowest BCUT2D eigenvalue weighted by atomic mass is 10.1. The summed E-state index contributed by atoms with van der Waals surface area (Å²) < 4.78 is 7.78. The molecule has 1 atom stereocenters. The second kappa shape index (κ2) is 11.9. The van der Waals surface area contributed by atoms with E-state index in [1.54, 1.807) is 12.5 Å². The molecule has 4 rings (SSSR count). The number of rotatable bonds is 8. The Bertz CT molecular complexity index is 919. The van der Waals surface area contributed by atoms with E-state index in [1.807, 2.05) is 25.6 Å². The Morgan fingerprint density at radius 1 is 1.16 bits per heavy atom. The Balaban J connectivity index is 0.00000272. The maximum Gasteiger partial charge on any atom is 0.191 e. The van der Waals surface area contributed by atoms with Crippen LogP contribution in [-0.4, -0.2) is 47.1 Å². The van der Waals surface area contributed by atoms with Gasteiger partial charge in [-0.3, -0.25) is 9.89 Å². The average Bonchev–Trinajstić information content (AvgIpc) is 3.55. The fourth-order valence-corrected chi connectivity index (χ4v) is 3.97. The second-order valence-electron chi connectivity index (χ2n) is 7.64. The molecule has 0 aliphatic carbocycles. The summed E-state index contributed by atoms with van der Waals surface area (Å²) in [5.41, 5.74) is 2.47. The van der Waals surface area contributed by atoms with Crippen molar-refractivity contribution >= 4 is 29.9 Å². The zero-order valence-corrected chi connectivity index (χ0v) is 20.2. The van der Waals surface area contributed by atoms with Gasteiger partial charge in [-0.05, 0) is 49.2 Å². The predicted molar refractivity (Wildman–Crippen MR) is 134 cm³/mol. The number of halogens is 1. The van der Waals surface area contributed by atoms with E-state index in [-0.39, 0.29) is 30.0 Å². The molecule has 2 N–H and O–H groups in total. The van der Waals surface area contributed by atoms with E-state index in [0.29, 0.717) is 6.54 Å². The molecule has 1 aliphatic rings. The van der Waals surface area contributed by atoms with Crippen molar-refractivity contribution in [2.75, 3.05) is 26.7 Å². The van der Waals surface area contributed by atoms with Crippen molar-refractivity contribution in [3.05, 3.63) is 78.3 Å². The number of nitrogens with zero attached hydrogens (tertiary/aromatic N) is 4. The molecule has 3 heterocycles. The SMILES string of the molecule is CN=C(NCc1cccc(Cn2ccnc2)c1)NCC(c1ccco1)N1CCCC1.I. The smallest absolute Gasteiger partial charge is 0.191 e. The Morgan fingerprint density at radius 2 is 2.00 bits per heavy atom. The van der Waals surface area contributed by atoms with Gasteiger partial charge in [0.1, 0.15) is 5.76 Å². The number of hydrogen-bond donors (Lipinski definition) is 2. The third-order valence-corrected chi connectivity index (χ3v) is 5.52. The molecule has 7 nitrogen and oxygen atoms in total. The quantitative estimate of drug-likeness (QED) is 0.263. The summed E-state index contributed by atoms with van der Waals surface area (Å²) in [4.78, 5) is 11.0. The van der Waals surface area contributed by atoms with Gasteiger partial charge in [-0.25, -0.2) is 4.98 Å². The van der Waals surface area contributed by atoms with Gasteiger partial charge in [0.25, 0.3) is 0 Å². The number of likely N-dealkylation sites (tertiary alicyclic amines) is 1. The summed E-state index contributed by atoms with van der Waals surface area (Å²) in [7, 11) is 1.81. The van der Waals surface area contributed by atoms with Crippen LogP contribution >= 0.6 is 24.0 Å². The van der Waals surface area contributed by atoms with Crippen molar-refractivity contribution in [1.82, 2.24) is 25.1 Å². The number of aliphatic imine (C=N–C) groups is 1. The van der Waals surface area contributed by atoms with Gasteiger partial charge in [0.05, 0.1) is 18.6 Å². The number of furan rings is 1. The summed E-state index contributed by atoms with van der Waals surface area (Å²) in [6.07, 6.45) is 9.87. The molecule has 0 bridgehead atoms. The zero-order chi connectivity index (χ0) is 20.6. The molecule has 1 aromatic carbocycles. The van der Waals surface area contributed by atoms with Crippen LogP contribution in [0.15, 0.2) is 70.8 Å². The highest BCUT2D eigenvalue weighted by atomic mass is 127. The molecule has 0 radical (unpaired) electrons. The van der Waals surface area contributed by atoms with Gasteiger partial charge in [-0.15, -0.1) is 24.0 Å². The standard InChI is InChI=1S/C23H30N6O.HI/c1-24-23(27-16-21(22-8-5-13-30-22)29-10-2-3-11-29)26-15-19-6-4-7-20(14-19)17-28-12-9-25-18-28;/h4-9,12-14,18,21H,2-3,10-11,15-17H2,1H3,(H2,24,26,27);1H. The lowest BCUT2D eigenvalue weighted by Crippen LogP contribution is -2.42. The summed E-state index contributed by atoms with van der Waals surface area (Å²) in [6, 6.07) is 12.8. The molecule has 1 unspecified atom stereocenters. The molecule has 0 amide bonds. The molecule has 8 heteroatoms. The first kappa shape index (κ1) is 23.3. The van der Waals surface area contributed by atoms with E-state index in [2.05, 4.69) is 60.4 Å². The van der Waals surface area contributed by atoms with Crippen molar-refractivity contribution in [3.8, 4) is 0 Å². The largest absolute Gasteiger partial charge is 0.468 e. The van der Waals surface area contributed by atoms with Crippen LogP contribution in [0.1, 0.15) is 35.8 Å². The molecule has 1 aliphatic heterocycles. The van der Waals surface area contributed by atoms with Crippen LogP contribution in [0.5, 0.6) is 0 Å². The Labute approximate surface area is 201 Å². The molecule has 1 saturated heterocycles. The first-order chi connectivity index (χ1) is 14.8. The second-order valence-corrected chi connectivity index (χ2v) is 7.64. The fourth-order valence-electron chi connectivity index (χ4n) is 3.97. The number of guanidine groups is 1. The highest BCUT2D eigenvalue weighted by Gasteiger charge is 2.25. The van der Waals surface area contributed by atoms with Crippen LogP contribution in [0.4, 0.5) is 0 Å². The number of imidazole rings is 1. The first-order valence-corrected chi connectivity index (χ1v) is 10.6. The van der Waals surface area contributed by atoms with Crippen molar-refractivity contribution < 1.29 is 4.42 Å². The lowest BCUT2D eigenvalue weighted by Gasteiger charge is -2.26. The number of nitrogens with one attached hydrogen (secondary N) is 2. The van der Waals surface area contributed by atoms with E-state index < -0.39 is 0 Å². The number of benzene rings is 1. The summed E-state index contributed by atoms with van der Waals surface area (Å²) in [5, 5.41) is 6.91. The van der Waals surface area contributed by atoms with Crippen LogP contribution < -0.4 is 10.6 Å². The third-order valence-electron chi connectivity index (χ3n) is 5.52. The van der Waals surface area contributed by atoms with Gasteiger partial charge in [0.2, 0.25) is 0 Å². The van der Waals surface area contributed by atoms with Crippen LogP contribution in [0.2, 0.25) is 0 Å². The van der Waals surface area contributed by atoms with Crippen molar-refractivity contribution in [2.24, 2.45) is 4.99 Å². The monoisotopic (exact) mass is 534 g/mol.